The summed E-state index contributed by atoms with van der Waals surface area (Å²) >= 11 is 6.05. The smallest absolute Gasteiger partial charge is 0.208 e. The molecule has 5 heterocycles. The van der Waals surface area contributed by atoms with E-state index in [9.17, 15) is 4.39 Å². The Hall–Kier alpha value is -2.71. The molecule has 0 saturated carbocycles. The van der Waals surface area contributed by atoms with Crippen LogP contribution in [0, 0.1) is 0 Å². The third kappa shape index (κ3) is 2.41. The highest BCUT2D eigenvalue weighted by molar-refractivity contribution is 6.29. The van der Waals surface area contributed by atoms with Crippen LogP contribution in [0.15, 0.2) is 54.7 Å². The van der Waals surface area contributed by atoms with Crippen LogP contribution in [0.5, 0.6) is 0 Å². The molecule has 26 heavy (non-hydrogen) atoms. The van der Waals surface area contributed by atoms with Crippen molar-refractivity contribution in [3.8, 4) is 0 Å². The fraction of sp³-hybridized carbons (Fsp3) is 0.235. The molecule has 2 N–H and O–H groups in total. The lowest BCUT2D eigenvalue weighted by molar-refractivity contribution is 0.239. The minimum atomic E-state index is -0.339. The van der Waals surface area contributed by atoms with E-state index in [1.54, 1.807) is 18.6 Å². The van der Waals surface area contributed by atoms with E-state index in [0.717, 1.165) is 30.1 Å². The van der Waals surface area contributed by atoms with Gasteiger partial charge in [0, 0.05) is 18.7 Å². The molecule has 3 aliphatic heterocycles. The molecule has 5 rings (SSSR count). The van der Waals surface area contributed by atoms with Gasteiger partial charge in [-0.25, -0.2) is 15.4 Å². The van der Waals surface area contributed by atoms with Gasteiger partial charge in [-0.15, -0.1) is 0 Å². The van der Waals surface area contributed by atoms with Crippen LogP contribution in [0.1, 0.15) is 17.4 Å². The normalized spacial score (nSPS) is 24.2. The van der Waals surface area contributed by atoms with E-state index >= 15 is 0 Å². The summed E-state index contributed by atoms with van der Waals surface area (Å²) in [5.74, 6) is 0.334. The summed E-state index contributed by atoms with van der Waals surface area (Å²) in [6.07, 6.45) is 12.7. The van der Waals surface area contributed by atoms with Crippen molar-refractivity contribution in [3.05, 3.63) is 71.2 Å². The molecule has 0 bridgehead atoms. The monoisotopic (exact) mass is 371 g/mol. The molecule has 0 amide bonds. The van der Waals surface area contributed by atoms with Gasteiger partial charge in [0.15, 0.2) is 0 Å². The Labute approximate surface area is 153 Å². The first-order valence-corrected chi connectivity index (χ1v) is 8.67. The van der Waals surface area contributed by atoms with Crippen molar-refractivity contribution in [3.63, 3.8) is 0 Å². The lowest BCUT2D eigenvalue weighted by Crippen LogP contribution is -2.48. The fourth-order valence-corrected chi connectivity index (χ4v) is 3.84. The molecule has 0 saturated heterocycles. The second kappa shape index (κ2) is 5.93. The zero-order valence-corrected chi connectivity index (χ0v) is 14.4. The quantitative estimate of drug-likeness (QED) is 0.790. The molecular formula is C17H15ClFN7. The number of H-pyrrole nitrogens is 1. The second-order valence-corrected chi connectivity index (χ2v) is 6.67. The van der Waals surface area contributed by atoms with Crippen LogP contribution in [-0.2, 0) is 6.42 Å². The van der Waals surface area contributed by atoms with Gasteiger partial charge in [0.25, 0.3) is 0 Å². The minimum absolute atomic E-state index is 0.169. The van der Waals surface area contributed by atoms with Crippen molar-refractivity contribution >= 4 is 17.4 Å². The van der Waals surface area contributed by atoms with Crippen LogP contribution in [0.4, 0.5) is 10.2 Å². The van der Waals surface area contributed by atoms with Crippen molar-refractivity contribution in [2.45, 2.75) is 18.5 Å². The van der Waals surface area contributed by atoms with Gasteiger partial charge < -0.3 is 9.88 Å². The maximum atomic E-state index is 14.1. The van der Waals surface area contributed by atoms with Gasteiger partial charge >= 0.3 is 0 Å². The third-order valence-corrected chi connectivity index (χ3v) is 4.98. The third-order valence-electron chi connectivity index (χ3n) is 4.80. The molecule has 2 aromatic rings. The number of anilines is 1. The number of hydrogen-bond acceptors (Lipinski definition) is 6. The maximum Gasteiger partial charge on any atom is 0.208 e. The highest BCUT2D eigenvalue weighted by Crippen LogP contribution is 2.37. The van der Waals surface area contributed by atoms with Crippen LogP contribution in [-0.4, -0.2) is 37.5 Å². The van der Waals surface area contributed by atoms with E-state index in [0.29, 0.717) is 11.0 Å². The van der Waals surface area contributed by atoms with Gasteiger partial charge in [-0.2, -0.15) is 4.39 Å². The first-order chi connectivity index (χ1) is 12.7. The van der Waals surface area contributed by atoms with Gasteiger partial charge in [0.2, 0.25) is 5.95 Å². The Balaban J connectivity index is 1.56. The van der Waals surface area contributed by atoms with Crippen LogP contribution >= 0.6 is 11.6 Å². The lowest BCUT2D eigenvalue weighted by atomic mass is 9.96. The van der Waals surface area contributed by atoms with Gasteiger partial charge in [-0.1, -0.05) is 17.7 Å². The molecule has 7 nitrogen and oxygen atoms in total. The summed E-state index contributed by atoms with van der Waals surface area (Å²) in [4.78, 5) is 18.4. The number of fused-ring (bicyclic) bond motifs is 2. The number of nitrogens with zero attached hydrogens (tertiary/aromatic N) is 5. The van der Waals surface area contributed by atoms with E-state index in [2.05, 4.69) is 30.3 Å². The fourth-order valence-electron chi connectivity index (χ4n) is 3.69. The van der Waals surface area contributed by atoms with Crippen molar-refractivity contribution in [2.75, 3.05) is 11.4 Å². The van der Waals surface area contributed by atoms with E-state index in [1.165, 1.54) is 17.3 Å². The highest BCUT2D eigenvalue weighted by atomic mass is 35.5. The molecule has 9 heteroatoms. The number of halogens is 2. The lowest BCUT2D eigenvalue weighted by Gasteiger charge is -2.38. The summed E-state index contributed by atoms with van der Waals surface area (Å²) in [6, 6.07) is -0.355. The number of aromatic amines is 1. The van der Waals surface area contributed by atoms with E-state index in [-0.39, 0.29) is 18.0 Å². The topological polar surface area (TPSA) is 73.0 Å². The van der Waals surface area contributed by atoms with Crippen LogP contribution in [0.2, 0.25) is 5.15 Å². The molecule has 0 spiro atoms. The van der Waals surface area contributed by atoms with Crippen molar-refractivity contribution in [2.24, 2.45) is 0 Å². The maximum absolute atomic E-state index is 14.1. The zero-order valence-electron chi connectivity index (χ0n) is 13.6. The SMILES string of the molecule is FC1=CC=CC2=CC(C3c4nc[nH]c4CCN3c3cncc(Cl)n3)NN12. The summed E-state index contributed by atoms with van der Waals surface area (Å²) in [5, 5.41) is 1.79. The molecule has 2 aromatic heterocycles. The van der Waals surface area contributed by atoms with Gasteiger partial charge in [-0.3, -0.25) is 9.99 Å². The highest BCUT2D eigenvalue weighted by Gasteiger charge is 2.40. The van der Waals surface area contributed by atoms with Crippen molar-refractivity contribution in [1.29, 1.82) is 0 Å². The molecule has 0 aliphatic carbocycles. The van der Waals surface area contributed by atoms with E-state index in [4.69, 9.17) is 11.6 Å². The van der Waals surface area contributed by atoms with Crippen molar-refractivity contribution in [1.82, 2.24) is 30.4 Å². The van der Waals surface area contributed by atoms with Gasteiger partial charge in [0.05, 0.1) is 42.2 Å². The molecule has 2 unspecified atom stereocenters. The van der Waals surface area contributed by atoms with E-state index < -0.39 is 0 Å². The Kier molecular flexibility index (Phi) is 3.54. The Morgan fingerprint density at radius 1 is 1.31 bits per heavy atom. The van der Waals surface area contributed by atoms with Crippen LogP contribution < -0.4 is 10.3 Å². The average Bonchev–Trinajstić information content (AvgIpc) is 3.28. The first-order valence-electron chi connectivity index (χ1n) is 8.29. The average molecular weight is 372 g/mol. The number of hydrazine groups is 1. The molecule has 0 fully saturated rings. The summed E-state index contributed by atoms with van der Waals surface area (Å²) in [7, 11) is 0. The molecule has 0 radical (unpaired) electrons. The van der Waals surface area contributed by atoms with Crippen LogP contribution in [0.25, 0.3) is 0 Å². The minimum Gasteiger partial charge on any atom is -0.348 e. The Morgan fingerprint density at radius 3 is 3.08 bits per heavy atom. The van der Waals surface area contributed by atoms with E-state index in [1.807, 2.05) is 12.2 Å². The Morgan fingerprint density at radius 2 is 2.23 bits per heavy atom. The van der Waals surface area contributed by atoms with Gasteiger partial charge in [-0.05, 0) is 18.2 Å². The zero-order chi connectivity index (χ0) is 17.7. The number of aromatic nitrogens is 4. The van der Waals surface area contributed by atoms with Crippen molar-refractivity contribution < 1.29 is 4.39 Å². The first kappa shape index (κ1) is 15.5. The number of nitrogens with one attached hydrogen (secondary N) is 2. The predicted octanol–water partition coefficient (Wildman–Crippen LogP) is 2.41. The largest absolute Gasteiger partial charge is 0.348 e. The van der Waals surface area contributed by atoms with Gasteiger partial charge in [0.1, 0.15) is 11.0 Å². The second-order valence-electron chi connectivity index (χ2n) is 6.28. The number of hydrogen-bond donors (Lipinski definition) is 2. The summed E-state index contributed by atoms with van der Waals surface area (Å²) in [6.45, 7) is 0.727. The standard InChI is InChI=1S/C17H15ClFN7/c18-13-7-20-8-15(23-13)25-5-4-11-16(22-9-21-11)17(25)12-6-10-2-1-3-14(19)26(10)24-12/h1-3,6-9,12,17,24H,4-5H2,(H,21,22). The molecule has 3 aliphatic rings. The molecule has 0 aromatic carbocycles. The molecular weight excluding hydrogens is 357 g/mol. The number of allylic oxidation sites excluding steroid dienone is 3. The summed E-state index contributed by atoms with van der Waals surface area (Å²) in [5.41, 5.74) is 6.00. The Bertz CT molecular complexity index is 950. The van der Waals surface area contributed by atoms with Crippen LogP contribution in [0.3, 0.4) is 0 Å². The number of imidazole rings is 1. The number of rotatable bonds is 2. The predicted molar refractivity (Wildman–Crippen MR) is 94.6 cm³/mol. The summed E-state index contributed by atoms with van der Waals surface area (Å²) < 4.78 is 14.1. The molecule has 2 atom stereocenters. The molecule has 132 valence electrons.